The van der Waals surface area contributed by atoms with E-state index in [9.17, 15) is 4.79 Å². The Kier molecular flexibility index (Phi) is 5.35. The van der Waals surface area contributed by atoms with Crippen LogP contribution in [0.15, 0.2) is 24.3 Å². The third-order valence-corrected chi connectivity index (χ3v) is 2.70. The lowest BCUT2D eigenvalue weighted by molar-refractivity contribution is -0.120. The van der Waals surface area contributed by atoms with Gasteiger partial charge in [-0.05, 0) is 38.3 Å². The summed E-state index contributed by atoms with van der Waals surface area (Å²) in [5, 5.41) is 6.07. The summed E-state index contributed by atoms with van der Waals surface area (Å²) in [5.74, 6) is 0.0319. The topological polar surface area (TPSA) is 41.1 Å². The molecule has 0 saturated heterocycles. The van der Waals surface area contributed by atoms with E-state index in [-0.39, 0.29) is 11.4 Å². The van der Waals surface area contributed by atoms with Gasteiger partial charge < -0.3 is 10.6 Å². The Morgan fingerprint density at radius 1 is 1.11 bits per heavy atom. The van der Waals surface area contributed by atoms with Crippen LogP contribution in [0.4, 0.5) is 0 Å². The average Bonchev–Trinajstić information content (AvgIpc) is 2.33. The largest absolute Gasteiger partial charge is 0.351 e. The number of amides is 1. The van der Waals surface area contributed by atoms with Crippen LogP contribution in [0.1, 0.15) is 38.8 Å². The zero-order chi connectivity index (χ0) is 13.6. The van der Waals surface area contributed by atoms with Crippen molar-refractivity contribution < 1.29 is 4.79 Å². The molecule has 0 radical (unpaired) electrons. The third-order valence-electron chi connectivity index (χ3n) is 2.70. The lowest BCUT2D eigenvalue weighted by Gasteiger charge is -2.20. The summed E-state index contributed by atoms with van der Waals surface area (Å²) in [6, 6.07) is 8.34. The van der Waals surface area contributed by atoms with Crippen molar-refractivity contribution in [1.29, 1.82) is 0 Å². The first kappa shape index (κ1) is 14.7. The molecule has 1 aromatic carbocycles. The van der Waals surface area contributed by atoms with Crippen LogP contribution in [0.5, 0.6) is 0 Å². The van der Waals surface area contributed by atoms with Gasteiger partial charge in [-0.25, -0.2) is 0 Å². The summed E-state index contributed by atoms with van der Waals surface area (Å²) >= 11 is 0. The molecule has 2 N–H and O–H groups in total. The molecular formula is C15H24N2O. The quantitative estimate of drug-likeness (QED) is 0.839. The molecule has 0 aliphatic carbocycles. The van der Waals surface area contributed by atoms with E-state index in [2.05, 4.69) is 41.8 Å². The van der Waals surface area contributed by atoms with Crippen LogP contribution < -0.4 is 10.6 Å². The second kappa shape index (κ2) is 6.55. The van der Waals surface area contributed by atoms with E-state index in [1.807, 2.05) is 20.8 Å². The molecule has 1 rings (SSSR count). The number of carbonyl (C=O) groups excluding carboxylic acids is 1. The van der Waals surface area contributed by atoms with Crippen LogP contribution in [0.3, 0.4) is 0 Å². The van der Waals surface area contributed by atoms with Crippen molar-refractivity contribution >= 4 is 5.91 Å². The molecule has 0 saturated carbocycles. The lowest BCUT2D eigenvalue weighted by Crippen LogP contribution is -2.43. The number of hydrogen-bond acceptors (Lipinski definition) is 2. The molecule has 18 heavy (non-hydrogen) atoms. The lowest BCUT2D eigenvalue weighted by atomic mass is 10.1. The van der Waals surface area contributed by atoms with E-state index in [0.717, 1.165) is 12.0 Å². The summed E-state index contributed by atoms with van der Waals surface area (Å²) in [5.41, 5.74) is 2.43. The van der Waals surface area contributed by atoms with Crippen molar-refractivity contribution in [2.24, 2.45) is 0 Å². The highest BCUT2D eigenvalue weighted by Gasteiger charge is 2.10. The molecule has 0 fully saturated rings. The Morgan fingerprint density at radius 3 is 2.17 bits per heavy atom. The fourth-order valence-corrected chi connectivity index (χ4v) is 1.50. The standard InChI is InChI=1S/C15H24N2O/c1-5-12-6-8-13(9-7-12)10-16-14(18)11-17-15(2,3)4/h6-9,17H,5,10-11H2,1-4H3,(H,16,18). The second-order valence-electron chi connectivity index (χ2n) is 5.55. The number of rotatable bonds is 5. The zero-order valence-corrected chi connectivity index (χ0v) is 11.8. The predicted molar refractivity (Wildman–Crippen MR) is 75.4 cm³/mol. The van der Waals surface area contributed by atoms with Crippen LogP contribution in [0.2, 0.25) is 0 Å². The van der Waals surface area contributed by atoms with Crippen molar-refractivity contribution in [3.8, 4) is 0 Å². The number of nitrogens with one attached hydrogen (secondary N) is 2. The van der Waals surface area contributed by atoms with Gasteiger partial charge in [-0.3, -0.25) is 4.79 Å². The number of hydrogen-bond donors (Lipinski definition) is 2. The molecule has 1 amide bonds. The van der Waals surface area contributed by atoms with Crippen molar-refractivity contribution in [3.05, 3.63) is 35.4 Å². The molecular weight excluding hydrogens is 224 g/mol. The van der Waals surface area contributed by atoms with Crippen molar-refractivity contribution in [3.63, 3.8) is 0 Å². The van der Waals surface area contributed by atoms with E-state index >= 15 is 0 Å². The van der Waals surface area contributed by atoms with Crippen LogP contribution >= 0.6 is 0 Å². The van der Waals surface area contributed by atoms with E-state index in [1.165, 1.54) is 5.56 Å². The van der Waals surface area contributed by atoms with Gasteiger partial charge in [-0.1, -0.05) is 31.2 Å². The zero-order valence-electron chi connectivity index (χ0n) is 11.8. The molecule has 0 spiro atoms. The average molecular weight is 248 g/mol. The summed E-state index contributed by atoms with van der Waals surface area (Å²) in [4.78, 5) is 11.6. The molecule has 0 aromatic heterocycles. The van der Waals surface area contributed by atoms with Gasteiger partial charge in [0.15, 0.2) is 0 Å². The molecule has 0 unspecified atom stereocenters. The maximum atomic E-state index is 11.6. The van der Waals surface area contributed by atoms with Gasteiger partial charge in [0.25, 0.3) is 0 Å². The van der Waals surface area contributed by atoms with E-state index in [4.69, 9.17) is 0 Å². The fourth-order valence-electron chi connectivity index (χ4n) is 1.50. The van der Waals surface area contributed by atoms with Gasteiger partial charge in [0.2, 0.25) is 5.91 Å². The van der Waals surface area contributed by atoms with Gasteiger partial charge in [-0.2, -0.15) is 0 Å². The highest BCUT2D eigenvalue weighted by atomic mass is 16.1. The minimum atomic E-state index is -0.0277. The first-order valence-corrected chi connectivity index (χ1v) is 6.50. The van der Waals surface area contributed by atoms with Gasteiger partial charge in [-0.15, -0.1) is 0 Å². The van der Waals surface area contributed by atoms with Gasteiger partial charge in [0.1, 0.15) is 0 Å². The summed E-state index contributed by atoms with van der Waals surface area (Å²) in [7, 11) is 0. The first-order valence-electron chi connectivity index (χ1n) is 6.50. The number of aryl methyl sites for hydroxylation is 1. The maximum Gasteiger partial charge on any atom is 0.234 e. The Balaban J connectivity index is 2.33. The van der Waals surface area contributed by atoms with E-state index in [0.29, 0.717) is 13.1 Å². The molecule has 0 aliphatic rings. The van der Waals surface area contributed by atoms with Crippen molar-refractivity contribution in [1.82, 2.24) is 10.6 Å². The summed E-state index contributed by atoms with van der Waals surface area (Å²) < 4.78 is 0. The first-order chi connectivity index (χ1) is 8.40. The second-order valence-corrected chi connectivity index (χ2v) is 5.55. The Morgan fingerprint density at radius 2 is 1.67 bits per heavy atom. The number of carbonyl (C=O) groups is 1. The van der Waals surface area contributed by atoms with Crippen molar-refractivity contribution in [2.75, 3.05) is 6.54 Å². The summed E-state index contributed by atoms with van der Waals surface area (Å²) in [6.45, 7) is 9.22. The normalized spacial score (nSPS) is 11.3. The minimum absolute atomic E-state index is 0.0277. The molecule has 0 bridgehead atoms. The fraction of sp³-hybridized carbons (Fsp3) is 0.533. The SMILES string of the molecule is CCc1ccc(CNC(=O)CNC(C)(C)C)cc1. The molecule has 100 valence electrons. The Labute approximate surface area is 110 Å². The minimum Gasteiger partial charge on any atom is -0.351 e. The van der Waals surface area contributed by atoms with Crippen LogP contribution in [-0.2, 0) is 17.8 Å². The Bertz CT molecular complexity index is 376. The van der Waals surface area contributed by atoms with Gasteiger partial charge >= 0.3 is 0 Å². The highest BCUT2D eigenvalue weighted by molar-refractivity contribution is 5.78. The van der Waals surface area contributed by atoms with Gasteiger partial charge in [0, 0.05) is 12.1 Å². The molecule has 3 heteroatoms. The van der Waals surface area contributed by atoms with E-state index in [1.54, 1.807) is 0 Å². The van der Waals surface area contributed by atoms with Crippen LogP contribution in [0.25, 0.3) is 0 Å². The van der Waals surface area contributed by atoms with Gasteiger partial charge in [0.05, 0.1) is 6.54 Å². The van der Waals surface area contributed by atoms with Crippen LogP contribution in [0, 0.1) is 0 Å². The molecule has 0 heterocycles. The smallest absolute Gasteiger partial charge is 0.234 e. The maximum absolute atomic E-state index is 11.6. The molecule has 0 aliphatic heterocycles. The monoisotopic (exact) mass is 248 g/mol. The molecule has 3 nitrogen and oxygen atoms in total. The highest BCUT2D eigenvalue weighted by Crippen LogP contribution is 2.04. The van der Waals surface area contributed by atoms with Crippen LogP contribution in [-0.4, -0.2) is 18.0 Å². The molecule has 1 aromatic rings. The Hall–Kier alpha value is -1.35. The third kappa shape index (κ3) is 5.82. The van der Waals surface area contributed by atoms with Crippen molar-refractivity contribution in [2.45, 2.75) is 46.2 Å². The number of benzene rings is 1. The predicted octanol–water partition coefficient (Wildman–Crippen LogP) is 2.25. The summed E-state index contributed by atoms with van der Waals surface area (Å²) in [6.07, 6.45) is 1.04. The molecule has 0 atom stereocenters. The van der Waals surface area contributed by atoms with E-state index < -0.39 is 0 Å².